The molecule has 1 aliphatic heterocycles. The van der Waals surface area contributed by atoms with Crippen molar-refractivity contribution in [2.75, 3.05) is 11.4 Å². The first-order valence-electron chi connectivity index (χ1n) is 5.55. The van der Waals surface area contributed by atoms with Gasteiger partial charge in [-0.05, 0) is 24.6 Å². The smallest absolute Gasteiger partial charge is 0.323 e. The van der Waals surface area contributed by atoms with Crippen molar-refractivity contribution in [1.82, 2.24) is 0 Å². The molecular formula is C12H14N2O3S. The number of hydrogen-bond donors (Lipinski definition) is 2. The van der Waals surface area contributed by atoms with Gasteiger partial charge in [-0.25, -0.2) is 0 Å². The van der Waals surface area contributed by atoms with Crippen LogP contribution < -0.4 is 10.6 Å². The van der Waals surface area contributed by atoms with Gasteiger partial charge in [0.25, 0.3) is 0 Å². The van der Waals surface area contributed by atoms with Crippen LogP contribution in [-0.4, -0.2) is 28.8 Å². The van der Waals surface area contributed by atoms with Crippen LogP contribution in [0.2, 0.25) is 0 Å². The summed E-state index contributed by atoms with van der Waals surface area (Å²) in [5, 5.41) is 8.63. The van der Waals surface area contributed by atoms with Gasteiger partial charge in [0, 0.05) is 11.4 Å². The van der Waals surface area contributed by atoms with E-state index in [1.54, 1.807) is 13.0 Å². The molecule has 0 saturated carbocycles. The Morgan fingerprint density at radius 3 is 2.89 bits per heavy atom. The molecule has 18 heavy (non-hydrogen) atoms. The minimum atomic E-state index is -1.02. The van der Waals surface area contributed by atoms with E-state index in [1.807, 2.05) is 12.1 Å². The van der Waals surface area contributed by atoms with Gasteiger partial charge >= 0.3 is 5.97 Å². The summed E-state index contributed by atoms with van der Waals surface area (Å²) < 4.78 is 0. The Labute approximate surface area is 109 Å². The van der Waals surface area contributed by atoms with E-state index in [0.717, 1.165) is 10.5 Å². The summed E-state index contributed by atoms with van der Waals surface area (Å²) in [5.41, 5.74) is 7.09. The minimum Gasteiger partial charge on any atom is -0.480 e. The predicted molar refractivity (Wildman–Crippen MR) is 69.6 cm³/mol. The highest BCUT2D eigenvalue weighted by Crippen LogP contribution is 2.39. The third-order valence-electron chi connectivity index (χ3n) is 2.76. The number of carboxylic acid groups (broad SMARTS) is 1. The van der Waals surface area contributed by atoms with E-state index in [4.69, 9.17) is 10.8 Å². The highest BCUT2D eigenvalue weighted by atomic mass is 32.2. The topological polar surface area (TPSA) is 83.6 Å². The average Bonchev–Trinajstić information content (AvgIpc) is 2.34. The molecule has 6 heteroatoms. The first-order valence-corrected chi connectivity index (χ1v) is 6.43. The molecular weight excluding hydrogens is 252 g/mol. The summed E-state index contributed by atoms with van der Waals surface area (Å²) in [5.74, 6) is -1.20. The molecule has 0 radical (unpaired) electrons. The number of nitrogens with two attached hydrogens (primary N) is 1. The molecule has 1 unspecified atom stereocenters. The van der Waals surface area contributed by atoms with Crippen LogP contribution in [-0.2, 0) is 16.1 Å². The molecule has 3 N–H and O–H groups in total. The second-order valence-electron chi connectivity index (χ2n) is 4.08. The first-order chi connectivity index (χ1) is 8.52. The fourth-order valence-electron chi connectivity index (χ4n) is 1.88. The van der Waals surface area contributed by atoms with Crippen molar-refractivity contribution in [2.24, 2.45) is 5.73 Å². The molecule has 1 amide bonds. The van der Waals surface area contributed by atoms with E-state index >= 15 is 0 Å². The summed E-state index contributed by atoms with van der Waals surface area (Å²) >= 11 is 1.45. The summed E-state index contributed by atoms with van der Waals surface area (Å²) in [7, 11) is 0. The molecule has 96 valence electrons. The summed E-state index contributed by atoms with van der Waals surface area (Å²) in [6.45, 7) is 1.83. The van der Waals surface area contributed by atoms with Crippen LogP contribution in [0.3, 0.4) is 0 Å². The molecule has 0 fully saturated rings. The minimum absolute atomic E-state index is 0.177. The lowest BCUT2D eigenvalue weighted by Crippen LogP contribution is -2.42. The van der Waals surface area contributed by atoms with Crippen molar-refractivity contribution >= 4 is 29.3 Å². The molecule has 2 rings (SSSR count). The fourth-order valence-corrected chi connectivity index (χ4v) is 2.92. The maximum Gasteiger partial charge on any atom is 0.323 e. The van der Waals surface area contributed by atoms with E-state index in [2.05, 4.69) is 0 Å². The number of hydrogen-bond acceptors (Lipinski definition) is 4. The molecule has 0 aliphatic carbocycles. The lowest BCUT2D eigenvalue weighted by molar-refractivity contribution is -0.136. The number of fused-ring (bicyclic) bond motifs is 1. The number of carboxylic acids is 1. The first kappa shape index (κ1) is 12.9. The van der Waals surface area contributed by atoms with E-state index in [0.29, 0.717) is 12.2 Å². The molecule has 1 heterocycles. The lowest BCUT2D eigenvalue weighted by atomic mass is 10.1. The van der Waals surface area contributed by atoms with Crippen molar-refractivity contribution in [3.63, 3.8) is 0 Å². The SMILES string of the molecule is CC1Sc2ccc(CN)cc2N(CC(=O)O)C1=O. The maximum atomic E-state index is 12.0. The number of rotatable bonds is 3. The molecule has 0 saturated heterocycles. The number of amides is 1. The van der Waals surface area contributed by atoms with Gasteiger partial charge in [0.05, 0.1) is 10.9 Å². The van der Waals surface area contributed by atoms with Gasteiger partial charge in [-0.15, -0.1) is 11.8 Å². The normalized spacial score (nSPS) is 18.7. The Hall–Kier alpha value is -1.53. The van der Waals surface area contributed by atoms with E-state index in [9.17, 15) is 9.59 Å². The van der Waals surface area contributed by atoms with Gasteiger partial charge in [-0.1, -0.05) is 6.07 Å². The largest absolute Gasteiger partial charge is 0.480 e. The number of carbonyl (C=O) groups excluding carboxylic acids is 1. The second-order valence-corrected chi connectivity index (χ2v) is 5.47. The number of aliphatic carboxylic acids is 1. The average molecular weight is 266 g/mol. The molecule has 1 aromatic rings. The van der Waals surface area contributed by atoms with E-state index in [1.165, 1.54) is 16.7 Å². The third kappa shape index (κ3) is 2.34. The van der Waals surface area contributed by atoms with Crippen LogP contribution >= 0.6 is 11.8 Å². The summed E-state index contributed by atoms with van der Waals surface area (Å²) in [4.78, 5) is 25.1. The van der Waals surface area contributed by atoms with Crippen molar-refractivity contribution < 1.29 is 14.7 Å². The van der Waals surface area contributed by atoms with Gasteiger partial charge in [0.1, 0.15) is 6.54 Å². The maximum absolute atomic E-state index is 12.0. The number of benzene rings is 1. The van der Waals surface area contributed by atoms with E-state index in [-0.39, 0.29) is 17.7 Å². The molecule has 1 aromatic carbocycles. The van der Waals surface area contributed by atoms with Gasteiger partial charge < -0.3 is 10.8 Å². The summed E-state index contributed by atoms with van der Waals surface area (Å²) in [6, 6.07) is 5.57. The molecule has 0 bridgehead atoms. The van der Waals surface area contributed by atoms with Crippen LogP contribution in [0, 0.1) is 0 Å². The Morgan fingerprint density at radius 1 is 1.56 bits per heavy atom. The zero-order valence-electron chi connectivity index (χ0n) is 9.92. The van der Waals surface area contributed by atoms with Crippen LogP contribution in [0.5, 0.6) is 0 Å². The number of anilines is 1. The van der Waals surface area contributed by atoms with Crippen molar-refractivity contribution in [1.29, 1.82) is 0 Å². The third-order valence-corrected chi connectivity index (χ3v) is 3.92. The quantitative estimate of drug-likeness (QED) is 0.854. The second kappa shape index (κ2) is 4.99. The highest BCUT2D eigenvalue weighted by Gasteiger charge is 2.31. The number of thioether (sulfide) groups is 1. The van der Waals surface area contributed by atoms with Gasteiger partial charge in [0.15, 0.2) is 0 Å². The highest BCUT2D eigenvalue weighted by molar-refractivity contribution is 8.00. The molecule has 1 atom stereocenters. The Morgan fingerprint density at radius 2 is 2.28 bits per heavy atom. The van der Waals surface area contributed by atoms with Gasteiger partial charge in [0.2, 0.25) is 5.91 Å². The van der Waals surface area contributed by atoms with Crippen molar-refractivity contribution in [2.45, 2.75) is 23.6 Å². The van der Waals surface area contributed by atoms with Crippen LogP contribution in [0.1, 0.15) is 12.5 Å². The van der Waals surface area contributed by atoms with Crippen LogP contribution in [0.15, 0.2) is 23.1 Å². The Bertz CT molecular complexity index is 504. The Kier molecular flexibility index (Phi) is 3.58. The Balaban J connectivity index is 2.45. The standard InChI is InChI=1S/C12H14N2O3S/c1-7-12(17)14(6-11(15)16)9-4-8(5-13)2-3-10(9)18-7/h2-4,7H,5-6,13H2,1H3,(H,15,16). The van der Waals surface area contributed by atoms with Crippen LogP contribution in [0.25, 0.3) is 0 Å². The van der Waals surface area contributed by atoms with Gasteiger partial charge in [-0.3, -0.25) is 14.5 Å². The van der Waals surface area contributed by atoms with E-state index < -0.39 is 5.97 Å². The van der Waals surface area contributed by atoms with Crippen molar-refractivity contribution in [3.05, 3.63) is 23.8 Å². The molecule has 0 aromatic heterocycles. The molecule has 0 spiro atoms. The zero-order valence-corrected chi connectivity index (χ0v) is 10.7. The zero-order chi connectivity index (χ0) is 13.3. The van der Waals surface area contributed by atoms with Crippen LogP contribution in [0.4, 0.5) is 5.69 Å². The monoisotopic (exact) mass is 266 g/mol. The summed E-state index contributed by atoms with van der Waals surface area (Å²) in [6.07, 6.45) is 0. The molecule has 5 nitrogen and oxygen atoms in total. The van der Waals surface area contributed by atoms with Gasteiger partial charge in [-0.2, -0.15) is 0 Å². The number of nitrogens with zero attached hydrogens (tertiary/aromatic N) is 1. The lowest BCUT2D eigenvalue weighted by Gasteiger charge is -2.31. The van der Waals surface area contributed by atoms with Crippen molar-refractivity contribution in [3.8, 4) is 0 Å². The molecule has 1 aliphatic rings. The number of carbonyl (C=O) groups is 2. The fraction of sp³-hybridized carbons (Fsp3) is 0.333. The predicted octanol–water partition coefficient (Wildman–Crippen LogP) is 1.06.